The van der Waals surface area contributed by atoms with E-state index in [1.54, 1.807) is 6.07 Å². The molecule has 1 aromatic carbocycles. The molecule has 0 aliphatic rings. The largest absolute Gasteiger partial charge is 0.305 e. The summed E-state index contributed by atoms with van der Waals surface area (Å²) < 4.78 is 25.1. The Hall–Kier alpha value is -0.590. The van der Waals surface area contributed by atoms with Crippen LogP contribution in [0.25, 0.3) is 0 Å². The lowest BCUT2D eigenvalue weighted by atomic mass is 10.2. The highest BCUT2D eigenvalue weighted by molar-refractivity contribution is 9.10. The molecule has 0 atom stereocenters. The van der Waals surface area contributed by atoms with Gasteiger partial charge < -0.3 is 4.90 Å². The summed E-state index contributed by atoms with van der Waals surface area (Å²) in [5.41, 5.74) is 1.67. The summed E-state index contributed by atoms with van der Waals surface area (Å²) >= 11 is 2.93. The summed E-state index contributed by atoms with van der Waals surface area (Å²) in [4.78, 5) is 2.03. The van der Waals surface area contributed by atoms with Gasteiger partial charge in [-0.25, -0.2) is 8.42 Å². The Labute approximate surface area is 105 Å². The van der Waals surface area contributed by atoms with Crippen molar-refractivity contribution in [3.8, 4) is 0 Å². The molecule has 0 saturated carbocycles. The van der Waals surface area contributed by atoms with Gasteiger partial charge in [-0.2, -0.15) is 0 Å². The lowest BCUT2D eigenvalue weighted by Crippen LogP contribution is -2.14. The van der Waals surface area contributed by atoms with E-state index in [2.05, 4.69) is 20.7 Å². The number of nitrogens with one attached hydrogen (secondary N) is 1. The molecule has 1 rings (SSSR count). The third-order valence-electron chi connectivity index (χ3n) is 1.84. The molecule has 0 amide bonds. The average Bonchev–Trinajstić information content (AvgIpc) is 2.16. The molecule has 6 heteroatoms. The molecule has 0 heterocycles. The van der Waals surface area contributed by atoms with Crippen molar-refractivity contribution in [1.29, 1.82) is 0 Å². The smallest absolute Gasteiger partial charge is 0.242 e. The van der Waals surface area contributed by atoms with Gasteiger partial charge in [-0.1, -0.05) is 28.1 Å². The SMILES string of the molecule is CN(C)Cc1cccc(NS(=O)(=O)CBr)c1. The zero-order chi connectivity index (χ0) is 12.2. The minimum atomic E-state index is -3.26. The molecule has 0 spiro atoms. The number of rotatable bonds is 5. The standard InChI is InChI=1S/C10H15BrN2O2S/c1-13(2)7-9-4-3-5-10(6-9)12-16(14,15)8-11/h3-6,12H,7-8H2,1-2H3. The van der Waals surface area contributed by atoms with Crippen LogP contribution >= 0.6 is 15.9 Å². The van der Waals surface area contributed by atoms with Gasteiger partial charge in [0.1, 0.15) is 4.66 Å². The van der Waals surface area contributed by atoms with Crippen LogP contribution in [-0.2, 0) is 16.6 Å². The van der Waals surface area contributed by atoms with Crippen molar-refractivity contribution in [2.24, 2.45) is 0 Å². The molecule has 1 N–H and O–H groups in total. The minimum Gasteiger partial charge on any atom is -0.305 e. The van der Waals surface area contributed by atoms with Gasteiger partial charge in [0.2, 0.25) is 10.0 Å². The molecule has 0 unspecified atom stereocenters. The zero-order valence-corrected chi connectivity index (χ0v) is 11.7. The van der Waals surface area contributed by atoms with Gasteiger partial charge >= 0.3 is 0 Å². The van der Waals surface area contributed by atoms with E-state index >= 15 is 0 Å². The summed E-state index contributed by atoms with van der Waals surface area (Å²) in [6, 6.07) is 7.37. The summed E-state index contributed by atoms with van der Waals surface area (Å²) in [6.45, 7) is 0.782. The predicted molar refractivity (Wildman–Crippen MR) is 70.2 cm³/mol. The number of anilines is 1. The van der Waals surface area contributed by atoms with Crippen LogP contribution in [0.5, 0.6) is 0 Å². The first kappa shape index (κ1) is 13.5. The lowest BCUT2D eigenvalue weighted by Gasteiger charge is -2.11. The number of hydrogen-bond donors (Lipinski definition) is 1. The van der Waals surface area contributed by atoms with Crippen LogP contribution in [0.4, 0.5) is 5.69 Å². The van der Waals surface area contributed by atoms with Crippen LogP contribution in [-0.4, -0.2) is 32.1 Å². The molecule has 1 aromatic rings. The summed E-state index contributed by atoms with van der Waals surface area (Å²) in [7, 11) is 0.670. The van der Waals surface area contributed by atoms with Gasteiger partial charge in [0.05, 0.1) is 0 Å². The van der Waals surface area contributed by atoms with Gasteiger partial charge in [-0.3, -0.25) is 4.72 Å². The number of alkyl halides is 1. The predicted octanol–water partition coefficient (Wildman–Crippen LogP) is 1.84. The fourth-order valence-corrected chi connectivity index (χ4v) is 2.19. The first-order chi connectivity index (χ1) is 7.43. The highest BCUT2D eigenvalue weighted by Gasteiger charge is 2.07. The van der Waals surface area contributed by atoms with Crippen molar-refractivity contribution in [1.82, 2.24) is 4.90 Å². The molecular formula is C10H15BrN2O2S. The van der Waals surface area contributed by atoms with Gasteiger partial charge in [-0.05, 0) is 31.8 Å². The van der Waals surface area contributed by atoms with E-state index in [-0.39, 0.29) is 4.66 Å². The Kier molecular flexibility index (Phi) is 4.76. The van der Waals surface area contributed by atoms with Crippen LogP contribution in [0.3, 0.4) is 0 Å². The van der Waals surface area contributed by atoms with E-state index in [1.165, 1.54) is 0 Å². The molecule has 0 saturated heterocycles. The fourth-order valence-electron chi connectivity index (χ4n) is 1.31. The van der Waals surface area contributed by atoms with E-state index in [4.69, 9.17) is 0 Å². The first-order valence-corrected chi connectivity index (χ1v) is 7.50. The second-order valence-corrected chi connectivity index (χ2v) is 6.79. The second kappa shape index (κ2) is 5.65. The maximum atomic E-state index is 11.3. The van der Waals surface area contributed by atoms with Crippen LogP contribution in [0.15, 0.2) is 24.3 Å². The van der Waals surface area contributed by atoms with Crippen LogP contribution in [0.2, 0.25) is 0 Å². The number of benzene rings is 1. The van der Waals surface area contributed by atoms with Crippen LogP contribution in [0, 0.1) is 0 Å². The van der Waals surface area contributed by atoms with Crippen molar-refractivity contribution in [2.75, 3.05) is 23.5 Å². The lowest BCUT2D eigenvalue weighted by molar-refractivity contribution is 0.402. The molecule has 0 fully saturated rings. The van der Waals surface area contributed by atoms with Crippen molar-refractivity contribution in [3.05, 3.63) is 29.8 Å². The molecule has 0 aromatic heterocycles. The van der Waals surface area contributed by atoms with Crippen LogP contribution in [0.1, 0.15) is 5.56 Å². The molecule has 0 aliphatic carbocycles. The molecule has 0 bridgehead atoms. The first-order valence-electron chi connectivity index (χ1n) is 4.73. The quantitative estimate of drug-likeness (QED) is 0.845. The Morgan fingerprint density at radius 1 is 1.38 bits per heavy atom. The Bertz CT molecular complexity index is 446. The topological polar surface area (TPSA) is 49.4 Å². The van der Waals surface area contributed by atoms with Crippen molar-refractivity contribution < 1.29 is 8.42 Å². The van der Waals surface area contributed by atoms with E-state index in [1.807, 2.05) is 37.2 Å². The normalized spacial score (nSPS) is 11.8. The van der Waals surface area contributed by atoms with Gasteiger partial charge in [0.25, 0.3) is 0 Å². The van der Waals surface area contributed by atoms with Gasteiger partial charge in [0.15, 0.2) is 0 Å². The molecule has 16 heavy (non-hydrogen) atoms. The Morgan fingerprint density at radius 3 is 2.62 bits per heavy atom. The van der Waals surface area contributed by atoms with E-state index in [9.17, 15) is 8.42 Å². The van der Waals surface area contributed by atoms with E-state index in [0.717, 1.165) is 12.1 Å². The van der Waals surface area contributed by atoms with Crippen LogP contribution < -0.4 is 4.72 Å². The fraction of sp³-hybridized carbons (Fsp3) is 0.400. The number of hydrogen-bond acceptors (Lipinski definition) is 3. The third kappa shape index (κ3) is 4.51. The highest BCUT2D eigenvalue weighted by atomic mass is 79.9. The van der Waals surface area contributed by atoms with Gasteiger partial charge in [0, 0.05) is 12.2 Å². The van der Waals surface area contributed by atoms with Crippen molar-refractivity contribution in [3.63, 3.8) is 0 Å². The van der Waals surface area contributed by atoms with Crippen molar-refractivity contribution >= 4 is 31.6 Å². The molecule has 4 nitrogen and oxygen atoms in total. The molecular weight excluding hydrogens is 292 g/mol. The van der Waals surface area contributed by atoms with Crippen molar-refractivity contribution in [2.45, 2.75) is 6.54 Å². The summed E-state index contributed by atoms with van der Waals surface area (Å²) in [5.74, 6) is 0. The van der Waals surface area contributed by atoms with E-state index < -0.39 is 10.0 Å². The summed E-state index contributed by atoms with van der Waals surface area (Å²) in [6.07, 6.45) is 0. The number of nitrogens with zero attached hydrogens (tertiary/aromatic N) is 1. The van der Waals surface area contributed by atoms with Gasteiger partial charge in [-0.15, -0.1) is 0 Å². The minimum absolute atomic E-state index is 0.0993. The molecule has 90 valence electrons. The highest BCUT2D eigenvalue weighted by Crippen LogP contribution is 2.14. The average molecular weight is 307 g/mol. The zero-order valence-electron chi connectivity index (χ0n) is 9.27. The van der Waals surface area contributed by atoms with E-state index in [0.29, 0.717) is 5.69 Å². The molecule has 0 radical (unpaired) electrons. The third-order valence-corrected chi connectivity index (χ3v) is 4.48. The Morgan fingerprint density at radius 2 is 2.06 bits per heavy atom. The monoisotopic (exact) mass is 306 g/mol. The Balaban J connectivity index is 2.83. The molecule has 0 aliphatic heterocycles. The number of sulfonamides is 1. The summed E-state index contributed by atoms with van der Waals surface area (Å²) in [5, 5.41) is 0. The maximum absolute atomic E-state index is 11.3. The number of halogens is 1. The maximum Gasteiger partial charge on any atom is 0.242 e. The second-order valence-electron chi connectivity index (χ2n) is 3.76.